The van der Waals surface area contributed by atoms with Gasteiger partial charge in [-0.25, -0.2) is 0 Å². The quantitative estimate of drug-likeness (QED) is 0.775. The number of benzene rings is 2. The highest BCUT2D eigenvalue weighted by Crippen LogP contribution is 2.44. The van der Waals surface area contributed by atoms with Gasteiger partial charge in [0.25, 0.3) is 5.91 Å². The van der Waals surface area contributed by atoms with Crippen molar-refractivity contribution in [2.75, 3.05) is 32.5 Å². The number of methoxy groups -OCH3 is 1. The Bertz CT molecular complexity index is 861. The molecule has 29 heavy (non-hydrogen) atoms. The number of nitrogens with zero attached hydrogens (tertiary/aromatic N) is 2. The van der Waals surface area contributed by atoms with Crippen molar-refractivity contribution in [1.29, 1.82) is 0 Å². The van der Waals surface area contributed by atoms with Gasteiger partial charge in [0.05, 0.1) is 18.4 Å². The highest BCUT2D eigenvalue weighted by molar-refractivity contribution is 8.00. The summed E-state index contributed by atoms with van der Waals surface area (Å²) in [5, 5.41) is 0. The van der Waals surface area contributed by atoms with Crippen LogP contribution in [-0.2, 0) is 11.2 Å². The van der Waals surface area contributed by atoms with Crippen molar-refractivity contribution >= 4 is 23.6 Å². The second-order valence-electron chi connectivity index (χ2n) is 7.52. The number of hydrogen-bond donors (Lipinski definition) is 0. The van der Waals surface area contributed by atoms with Crippen LogP contribution in [-0.4, -0.2) is 59.0 Å². The van der Waals surface area contributed by atoms with Gasteiger partial charge in [-0.15, -0.1) is 11.8 Å². The van der Waals surface area contributed by atoms with Gasteiger partial charge in [0.15, 0.2) is 0 Å². The number of amides is 2. The lowest BCUT2D eigenvalue weighted by atomic mass is 10.00. The summed E-state index contributed by atoms with van der Waals surface area (Å²) in [5.41, 5.74) is 1.74. The first-order valence-electron chi connectivity index (χ1n) is 10.0. The molecule has 2 heterocycles. The average molecular weight is 411 g/mol. The minimum atomic E-state index is -0.177. The van der Waals surface area contributed by atoms with Gasteiger partial charge in [0.2, 0.25) is 5.91 Å². The molecule has 2 amide bonds. The number of rotatable bonds is 4. The molecule has 0 atom stereocenters. The summed E-state index contributed by atoms with van der Waals surface area (Å²) in [7, 11) is 1.64. The number of piperidine rings is 1. The van der Waals surface area contributed by atoms with E-state index in [4.69, 9.17) is 4.74 Å². The van der Waals surface area contributed by atoms with Gasteiger partial charge in [-0.05, 0) is 42.7 Å². The molecule has 152 valence electrons. The van der Waals surface area contributed by atoms with Crippen molar-refractivity contribution in [2.24, 2.45) is 0 Å². The van der Waals surface area contributed by atoms with E-state index in [2.05, 4.69) is 0 Å². The molecule has 0 bridgehead atoms. The van der Waals surface area contributed by atoms with E-state index in [9.17, 15) is 9.59 Å². The van der Waals surface area contributed by atoms with Crippen LogP contribution in [0.4, 0.5) is 0 Å². The van der Waals surface area contributed by atoms with Gasteiger partial charge < -0.3 is 14.5 Å². The van der Waals surface area contributed by atoms with Gasteiger partial charge in [-0.1, -0.05) is 30.3 Å². The van der Waals surface area contributed by atoms with Crippen molar-refractivity contribution in [3.05, 3.63) is 65.7 Å². The number of hydrogen-bond acceptors (Lipinski definition) is 4. The van der Waals surface area contributed by atoms with Crippen LogP contribution in [0.25, 0.3) is 0 Å². The Morgan fingerprint density at radius 3 is 2.34 bits per heavy atom. The third-order valence-corrected chi connectivity index (χ3v) is 7.41. The van der Waals surface area contributed by atoms with Crippen molar-refractivity contribution in [2.45, 2.75) is 24.1 Å². The van der Waals surface area contributed by atoms with E-state index in [1.807, 2.05) is 76.2 Å². The zero-order valence-corrected chi connectivity index (χ0v) is 17.5. The second-order valence-corrected chi connectivity index (χ2v) is 8.98. The van der Waals surface area contributed by atoms with Crippen LogP contribution in [0.2, 0.25) is 0 Å². The lowest BCUT2D eigenvalue weighted by Gasteiger charge is -2.44. The summed E-state index contributed by atoms with van der Waals surface area (Å²) in [6.45, 7) is 2.17. The van der Waals surface area contributed by atoms with Crippen LogP contribution >= 0.6 is 11.8 Å². The zero-order chi connectivity index (χ0) is 20.3. The average Bonchev–Trinajstić information content (AvgIpc) is 3.17. The monoisotopic (exact) mass is 410 g/mol. The molecule has 0 radical (unpaired) electrons. The Labute approximate surface area is 176 Å². The fraction of sp³-hybridized carbons (Fsp3) is 0.391. The fourth-order valence-electron chi connectivity index (χ4n) is 4.18. The molecule has 2 aromatic carbocycles. The van der Waals surface area contributed by atoms with E-state index in [1.165, 1.54) is 0 Å². The second kappa shape index (κ2) is 8.49. The number of ether oxygens (including phenoxy) is 1. The molecule has 2 aliphatic heterocycles. The van der Waals surface area contributed by atoms with Gasteiger partial charge in [-0.3, -0.25) is 9.59 Å². The van der Waals surface area contributed by atoms with Crippen LogP contribution in [0.1, 0.15) is 28.8 Å². The lowest BCUT2D eigenvalue weighted by Crippen LogP contribution is -2.53. The summed E-state index contributed by atoms with van der Waals surface area (Å²) in [6.07, 6.45) is 2.05. The predicted octanol–water partition coefficient (Wildman–Crippen LogP) is 3.45. The van der Waals surface area contributed by atoms with Gasteiger partial charge >= 0.3 is 0 Å². The van der Waals surface area contributed by atoms with Crippen molar-refractivity contribution in [3.63, 3.8) is 0 Å². The Balaban J connectivity index is 1.38. The van der Waals surface area contributed by atoms with Crippen LogP contribution in [0, 0.1) is 0 Å². The van der Waals surface area contributed by atoms with E-state index in [0.29, 0.717) is 19.5 Å². The molecule has 0 unspecified atom stereocenters. The van der Waals surface area contributed by atoms with Gasteiger partial charge in [0.1, 0.15) is 5.75 Å². The number of likely N-dealkylation sites (tertiary alicyclic amines) is 1. The zero-order valence-electron chi connectivity index (χ0n) is 16.7. The molecule has 0 aromatic heterocycles. The van der Waals surface area contributed by atoms with Gasteiger partial charge in [0, 0.05) is 31.0 Å². The molecule has 0 saturated carbocycles. The number of thioether (sulfide) groups is 1. The molecule has 1 spiro atoms. The normalized spacial score (nSPS) is 18.1. The van der Waals surface area contributed by atoms with Crippen LogP contribution in [0.3, 0.4) is 0 Å². The topological polar surface area (TPSA) is 49.9 Å². The predicted molar refractivity (Wildman–Crippen MR) is 115 cm³/mol. The minimum absolute atomic E-state index is 0.105. The van der Waals surface area contributed by atoms with E-state index < -0.39 is 0 Å². The summed E-state index contributed by atoms with van der Waals surface area (Å²) in [5.74, 6) is 2.00. The molecule has 2 aliphatic rings. The molecule has 0 N–H and O–H groups in total. The van der Waals surface area contributed by atoms with Crippen molar-refractivity contribution < 1.29 is 14.3 Å². The molecule has 2 aromatic rings. The molecule has 6 heteroatoms. The van der Waals surface area contributed by atoms with Crippen LogP contribution in [0.5, 0.6) is 5.75 Å². The van der Waals surface area contributed by atoms with Crippen molar-refractivity contribution in [3.8, 4) is 5.75 Å². The standard InChI is InChI=1S/C23H26N2O3S/c1-28-20-9-7-18(8-10-20)17-21(26)24-13-11-23(12-14-24)25(15-16-29-23)22(27)19-5-3-2-4-6-19/h2-10H,11-17H2,1H3. The highest BCUT2D eigenvalue weighted by atomic mass is 32.2. The Kier molecular flexibility index (Phi) is 5.81. The molecule has 5 nitrogen and oxygen atoms in total. The minimum Gasteiger partial charge on any atom is -0.497 e. The van der Waals surface area contributed by atoms with E-state index in [0.717, 1.165) is 42.0 Å². The van der Waals surface area contributed by atoms with Crippen LogP contribution in [0.15, 0.2) is 54.6 Å². The third kappa shape index (κ3) is 4.13. The van der Waals surface area contributed by atoms with E-state index in [-0.39, 0.29) is 16.7 Å². The summed E-state index contributed by atoms with van der Waals surface area (Å²) in [4.78, 5) is 29.6. The summed E-state index contributed by atoms with van der Waals surface area (Å²) < 4.78 is 5.18. The molecule has 2 fully saturated rings. The lowest BCUT2D eigenvalue weighted by molar-refractivity contribution is -0.132. The van der Waals surface area contributed by atoms with E-state index >= 15 is 0 Å². The SMILES string of the molecule is COc1ccc(CC(=O)N2CCC3(CC2)SCCN3C(=O)c2ccccc2)cc1. The first-order chi connectivity index (χ1) is 14.1. The first-order valence-corrected chi connectivity index (χ1v) is 11.0. The molecular weight excluding hydrogens is 384 g/mol. The maximum absolute atomic E-state index is 13.1. The largest absolute Gasteiger partial charge is 0.497 e. The number of carbonyl (C=O) groups is 2. The maximum atomic E-state index is 13.1. The highest BCUT2D eigenvalue weighted by Gasteiger charge is 2.46. The first kappa shape index (κ1) is 19.8. The third-order valence-electron chi connectivity index (χ3n) is 5.86. The van der Waals surface area contributed by atoms with Gasteiger partial charge in [-0.2, -0.15) is 0 Å². The fourth-order valence-corrected chi connectivity index (χ4v) is 5.64. The van der Waals surface area contributed by atoms with Crippen molar-refractivity contribution in [1.82, 2.24) is 9.80 Å². The summed E-state index contributed by atoms with van der Waals surface area (Å²) >= 11 is 1.87. The van der Waals surface area contributed by atoms with E-state index in [1.54, 1.807) is 7.11 Å². The molecular formula is C23H26N2O3S. The molecule has 0 aliphatic carbocycles. The molecule has 2 saturated heterocycles. The maximum Gasteiger partial charge on any atom is 0.254 e. The van der Waals surface area contributed by atoms with Crippen LogP contribution < -0.4 is 4.74 Å². The Morgan fingerprint density at radius 1 is 1.00 bits per heavy atom. The smallest absolute Gasteiger partial charge is 0.254 e. The Hall–Kier alpha value is -2.47. The molecule has 4 rings (SSSR count). The summed E-state index contributed by atoms with van der Waals surface area (Å²) in [6, 6.07) is 17.2. The Morgan fingerprint density at radius 2 is 1.69 bits per heavy atom. The number of carbonyl (C=O) groups excluding carboxylic acids is 2.